The fraction of sp³-hybridized carbons (Fsp3) is 0.417. The number of benzene rings is 1. The van der Waals surface area contributed by atoms with Gasteiger partial charge < -0.3 is 15.8 Å². The Kier molecular flexibility index (Phi) is 6.41. The third kappa shape index (κ3) is 5.02. The van der Waals surface area contributed by atoms with Crippen LogP contribution in [0.15, 0.2) is 18.2 Å². The van der Waals surface area contributed by atoms with Crippen molar-refractivity contribution in [2.24, 2.45) is 5.73 Å². The molecule has 112 valence electrons. The van der Waals surface area contributed by atoms with Gasteiger partial charge in [-0.2, -0.15) is 0 Å². The molecule has 0 saturated carbocycles. The van der Waals surface area contributed by atoms with E-state index in [4.69, 9.17) is 10.5 Å². The van der Waals surface area contributed by atoms with Crippen LogP contribution in [0.1, 0.15) is 24.2 Å². The molecule has 0 atom stereocenters. The highest BCUT2D eigenvalue weighted by Crippen LogP contribution is 2.27. The SMILES string of the molecule is COc1ccc(C(=O)NCC(C)(C)N)cc1[N+](=O)[O-].Cl. The molecule has 3 N–H and O–H groups in total. The Bertz CT molecular complexity index is 500. The van der Waals surface area contributed by atoms with Gasteiger partial charge in [-0.1, -0.05) is 0 Å². The van der Waals surface area contributed by atoms with E-state index in [1.807, 2.05) is 0 Å². The van der Waals surface area contributed by atoms with Gasteiger partial charge in [-0.15, -0.1) is 12.4 Å². The number of amides is 1. The number of rotatable bonds is 5. The number of nitrogens with zero attached hydrogens (tertiary/aromatic N) is 1. The van der Waals surface area contributed by atoms with Crippen molar-refractivity contribution in [3.8, 4) is 5.75 Å². The number of ether oxygens (including phenoxy) is 1. The van der Waals surface area contributed by atoms with Crippen LogP contribution in [0.3, 0.4) is 0 Å². The van der Waals surface area contributed by atoms with Gasteiger partial charge in [-0.05, 0) is 26.0 Å². The lowest BCUT2D eigenvalue weighted by Crippen LogP contribution is -2.45. The summed E-state index contributed by atoms with van der Waals surface area (Å²) in [6.07, 6.45) is 0. The summed E-state index contributed by atoms with van der Waals surface area (Å²) in [5, 5.41) is 13.5. The van der Waals surface area contributed by atoms with E-state index < -0.39 is 16.4 Å². The van der Waals surface area contributed by atoms with Gasteiger partial charge in [0.15, 0.2) is 5.75 Å². The summed E-state index contributed by atoms with van der Waals surface area (Å²) < 4.78 is 4.86. The Morgan fingerprint density at radius 1 is 1.50 bits per heavy atom. The van der Waals surface area contributed by atoms with Gasteiger partial charge in [0.2, 0.25) is 0 Å². The molecule has 8 heteroatoms. The Hall–Kier alpha value is -1.86. The standard InChI is InChI=1S/C12H17N3O4.ClH/c1-12(2,13)7-14-11(16)8-4-5-10(19-3)9(6-8)15(17)18;/h4-6H,7,13H2,1-3H3,(H,14,16);1H. The minimum Gasteiger partial charge on any atom is -0.490 e. The van der Waals surface area contributed by atoms with Crippen LogP contribution in [0.25, 0.3) is 0 Å². The molecule has 0 aromatic heterocycles. The number of methoxy groups -OCH3 is 1. The first kappa shape index (κ1) is 18.1. The van der Waals surface area contributed by atoms with Gasteiger partial charge in [0.25, 0.3) is 5.91 Å². The summed E-state index contributed by atoms with van der Waals surface area (Å²) in [6.45, 7) is 3.80. The second kappa shape index (κ2) is 7.06. The largest absolute Gasteiger partial charge is 0.490 e. The predicted octanol–water partition coefficient (Wildman–Crippen LogP) is 1.49. The Morgan fingerprint density at radius 2 is 2.10 bits per heavy atom. The Balaban J connectivity index is 0.00000361. The molecule has 0 heterocycles. The van der Waals surface area contributed by atoms with Crippen LogP contribution in [0.2, 0.25) is 0 Å². The summed E-state index contributed by atoms with van der Waals surface area (Å²) in [7, 11) is 1.33. The lowest BCUT2D eigenvalue weighted by atomic mass is 10.1. The van der Waals surface area contributed by atoms with Crippen LogP contribution in [-0.4, -0.2) is 30.0 Å². The normalized spacial score (nSPS) is 10.4. The van der Waals surface area contributed by atoms with Crippen LogP contribution < -0.4 is 15.8 Å². The first-order valence-electron chi connectivity index (χ1n) is 5.64. The van der Waals surface area contributed by atoms with Crippen molar-refractivity contribution < 1.29 is 14.5 Å². The molecule has 0 saturated heterocycles. The second-order valence-electron chi connectivity index (χ2n) is 4.81. The van der Waals surface area contributed by atoms with Crippen LogP contribution in [0.4, 0.5) is 5.69 Å². The summed E-state index contributed by atoms with van der Waals surface area (Å²) in [4.78, 5) is 22.1. The minimum absolute atomic E-state index is 0. The lowest BCUT2D eigenvalue weighted by Gasteiger charge is -2.18. The predicted molar refractivity (Wildman–Crippen MR) is 77.5 cm³/mol. The summed E-state index contributed by atoms with van der Waals surface area (Å²) in [6, 6.07) is 4.03. The maximum absolute atomic E-state index is 11.8. The molecule has 20 heavy (non-hydrogen) atoms. The fourth-order valence-corrected chi connectivity index (χ4v) is 1.38. The number of carbonyl (C=O) groups excluding carboxylic acids is 1. The maximum atomic E-state index is 11.8. The van der Waals surface area contributed by atoms with Crippen LogP contribution in [0, 0.1) is 10.1 Å². The number of nitro benzene ring substituents is 1. The Labute approximate surface area is 123 Å². The van der Waals surface area contributed by atoms with Crippen molar-refractivity contribution in [3.05, 3.63) is 33.9 Å². The first-order chi connectivity index (χ1) is 8.74. The van der Waals surface area contributed by atoms with Crippen molar-refractivity contribution >= 4 is 24.0 Å². The van der Waals surface area contributed by atoms with Crippen molar-refractivity contribution in [1.82, 2.24) is 5.32 Å². The van der Waals surface area contributed by atoms with Crippen molar-refractivity contribution in [2.45, 2.75) is 19.4 Å². The zero-order valence-corrected chi connectivity index (χ0v) is 12.3. The van der Waals surface area contributed by atoms with E-state index in [9.17, 15) is 14.9 Å². The fourth-order valence-electron chi connectivity index (χ4n) is 1.38. The molecule has 0 aliphatic carbocycles. The second-order valence-corrected chi connectivity index (χ2v) is 4.81. The van der Waals surface area contributed by atoms with Crippen molar-refractivity contribution in [1.29, 1.82) is 0 Å². The summed E-state index contributed by atoms with van der Waals surface area (Å²) in [5.74, 6) is -0.301. The molecule has 1 aromatic rings. The maximum Gasteiger partial charge on any atom is 0.311 e. The zero-order chi connectivity index (χ0) is 14.6. The summed E-state index contributed by atoms with van der Waals surface area (Å²) >= 11 is 0. The molecule has 0 spiro atoms. The van der Waals surface area contributed by atoms with Crippen LogP contribution >= 0.6 is 12.4 Å². The van der Waals surface area contributed by atoms with Gasteiger partial charge in [-0.3, -0.25) is 14.9 Å². The molecule has 1 rings (SSSR count). The van der Waals surface area contributed by atoms with E-state index >= 15 is 0 Å². The average molecular weight is 304 g/mol. The van der Waals surface area contributed by atoms with Crippen LogP contribution in [-0.2, 0) is 0 Å². The van der Waals surface area contributed by atoms with Gasteiger partial charge in [0, 0.05) is 23.7 Å². The lowest BCUT2D eigenvalue weighted by molar-refractivity contribution is -0.385. The number of hydrogen-bond donors (Lipinski definition) is 2. The van der Waals surface area contributed by atoms with E-state index in [-0.39, 0.29) is 36.0 Å². The molecular weight excluding hydrogens is 286 g/mol. The van der Waals surface area contributed by atoms with Crippen molar-refractivity contribution in [3.63, 3.8) is 0 Å². The highest BCUT2D eigenvalue weighted by atomic mass is 35.5. The highest BCUT2D eigenvalue weighted by Gasteiger charge is 2.19. The Morgan fingerprint density at radius 3 is 2.55 bits per heavy atom. The molecule has 0 bridgehead atoms. The first-order valence-corrected chi connectivity index (χ1v) is 5.64. The van der Waals surface area contributed by atoms with Crippen molar-refractivity contribution in [2.75, 3.05) is 13.7 Å². The third-order valence-electron chi connectivity index (χ3n) is 2.34. The van der Waals surface area contributed by atoms with Gasteiger partial charge in [0.1, 0.15) is 0 Å². The van der Waals surface area contributed by atoms with Gasteiger partial charge in [-0.25, -0.2) is 0 Å². The molecule has 0 radical (unpaired) electrons. The van der Waals surface area contributed by atoms with E-state index in [1.54, 1.807) is 13.8 Å². The number of carbonyl (C=O) groups is 1. The molecule has 0 unspecified atom stereocenters. The van der Waals surface area contributed by atoms with E-state index in [0.717, 1.165) is 0 Å². The molecule has 0 aliphatic heterocycles. The average Bonchev–Trinajstić information content (AvgIpc) is 2.34. The van der Waals surface area contributed by atoms with Crippen LogP contribution in [0.5, 0.6) is 5.75 Å². The third-order valence-corrected chi connectivity index (χ3v) is 2.34. The molecule has 1 amide bonds. The van der Waals surface area contributed by atoms with E-state index in [1.165, 1.54) is 25.3 Å². The number of hydrogen-bond acceptors (Lipinski definition) is 5. The zero-order valence-electron chi connectivity index (χ0n) is 11.5. The van der Waals surface area contributed by atoms with E-state index in [2.05, 4.69) is 5.32 Å². The van der Waals surface area contributed by atoms with Gasteiger partial charge in [0.05, 0.1) is 12.0 Å². The van der Waals surface area contributed by atoms with E-state index in [0.29, 0.717) is 0 Å². The molecule has 0 aliphatic rings. The highest BCUT2D eigenvalue weighted by molar-refractivity contribution is 5.95. The van der Waals surface area contributed by atoms with Gasteiger partial charge >= 0.3 is 5.69 Å². The topological polar surface area (TPSA) is 107 Å². The number of nitrogens with two attached hydrogens (primary N) is 1. The number of nitro groups is 1. The number of nitrogens with one attached hydrogen (secondary N) is 1. The number of halogens is 1. The quantitative estimate of drug-likeness (QED) is 0.633. The monoisotopic (exact) mass is 303 g/mol. The molecule has 0 fully saturated rings. The minimum atomic E-state index is -0.595. The molecule has 1 aromatic carbocycles. The smallest absolute Gasteiger partial charge is 0.311 e. The molecular formula is C12H18ClN3O4. The molecule has 7 nitrogen and oxygen atoms in total. The summed E-state index contributed by atoms with van der Waals surface area (Å²) in [5.41, 5.74) is 5.14.